The summed E-state index contributed by atoms with van der Waals surface area (Å²) >= 11 is 0. The van der Waals surface area contributed by atoms with E-state index < -0.39 is 0 Å². The van der Waals surface area contributed by atoms with Gasteiger partial charge in [-0.05, 0) is 61.3 Å². The van der Waals surface area contributed by atoms with Crippen molar-refractivity contribution in [1.82, 2.24) is 4.90 Å². The Labute approximate surface area is 114 Å². The third kappa shape index (κ3) is 2.39. The number of nitrogens with zero attached hydrogens (tertiary/aromatic N) is 1. The zero-order valence-electron chi connectivity index (χ0n) is 11.6. The third-order valence-electron chi connectivity index (χ3n) is 4.57. The number of benzene rings is 1. The lowest BCUT2D eigenvalue weighted by molar-refractivity contribution is 0.0718. The monoisotopic (exact) mass is 258 g/mol. The Morgan fingerprint density at radius 3 is 2.79 bits per heavy atom. The van der Waals surface area contributed by atoms with Crippen LogP contribution in [0.2, 0.25) is 0 Å². The quantitative estimate of drug-likeness (QED) is 0.897. The lowest BCUT2D eigenvalue weighted by Crippen LogP contribution is -2.43. The summed E-state index contributed by atoms with van der Waals surface area (Å²) < 4.78 is 0. The van der Waals surface area contributed by atoms with Gasteiger partial charge in [-0.25, -0.2) is 0 Å². The van der Waals surface area contributed by atoms with Crippen LogP contribution in [-0.2, 0) is 12.8 Å². The van der Waals surface area contributed by atoms with Crippen molar-refractivity contribution in [1.29, 1.82) is 0 Å². The second-order valence-electron chi connectivity index (χ2n) is 5.89. The maximum atomic E-state index is 12.5. The summed E-state index contributed by atoms with van der Waals surface area (Å²) in [5, 5.41) is 0. The lowest BCUT2D eigenvalue weighted by atomic mass is 10.0. The molecule has 0 saturated heterocycles. The highest BCUT2D eigenvalue weighted by atomic mass is 16.2. The molecule has 3 nitrogen and oxygen atoms in total. The SMILES string of the molecule is CN(C(=O)c1ccc2c(c1)CCC2)C(CN)C1CC1. The third-order valence-corrected chi connectivity index (χ3v) is 4.57. The van der Waals surface area contributed by atoms with E-state index in [0.717, 1.165) is 18.4 Å². The Morgan fingerprint density at radius 2 is 2.11 bits per heavy atom. The van der Waals surface area contributed by atoms with E-state index in [9.17, 15) is 4.79 Å². The van der Waals surface area contributed by atoms with E-state index >= 15 is 0 Å². The maximum Gasteiger partial charge on any atom is 0.253 e. The molecule has 1 unspecified atom stereocenters. The van der Waals surface area contributed by atoms with Gasteiger partial charge >= 0.3 is 0 Å². The van der Waals surface area contributed by atoms with Gasteiger partial charge in [-0.1, -0.05) is 6.07 Å². The molecule has 0 heterocycles. The van der Waals surface area contributed by atoms with Crippen LogP contribution >= 0.6 is 0 Å². The zero-order valence-corrected chi connectivity index (χ0v) is 11.6. The number of carbonyl (C=O) groups excluding carboxylic acids is 1. The molecule has 3 heteroatoms. The van der Waals surface area contributed by atoms with Gasteiger partial charge in [0.05, 0.1) is 0 Å². The molecule has 0 aromatic heterocycles. The molecule has 19 heavy (non-hydrogen) atoms. The summed E-state index contributed by atoms with van der Waals surface area (Å²) in [5.74, 6) is 0.741. The van der Waals surface area contributed by atoms with Crippen molar-refractivity contribution in [2.45, 2.75) is 38.1 Å². The van der Waals surface area contributed by atoms with Crippen LogP contribution in [0.5, 0.6) is 0 Å². The van der Waals surface area contributed by atoms with E-state index in [2.05, 4.69) is 12.1 Å². The Morgan fingerprint density at radius 1 is 1.37 bits per heavy atom. The molecule has 0 bridgehead atoms. The van der Waals surface area contributed by atoms with Gasteiger partial charge in [0.25, 0.3) is 5.91 Å². The molecule has 1 fully saturated rings. The molecule has 1 atom stereocenters. The summed E-state index contributed by atoms with van der Waals surface area (Å²) in [7, 11) is 1.89. The van der Waals surface area contributed by atoms with Gasteiger partial charge in [0.1, 0.15) is 0 Å². The molecule has 1 saturated carbocycles. The Kier molecular flexibility index (Phi) is 3.31. The fourth-order valence-corrected chi connectivity index (χ4v) is 3.21. The Bertz CT molecular complexity index is 494. The Balaban J connectivity index is 1.79. The molecular formula is C16H22N2O. The van der Waals surface area contributed by atoms with Gasteiger partial charge in [0, 0.05) is 25.2 Å². The van der Waals surface area contributed by atoms with Crippen LogP contribution < -0.4 is 5.73 Å². The average Bonchev–Trinajstić information content (AvgIpc) is 3.15. The van der Waals surface area contributed by atoms with Crippen molar-refractivity contribution in [3.05, 3.63) is 34.9 Å². The molecule has 0 aliphatic heterocycles. The largest absolute Gasteiger partial charge is 0.337 e. The highest BCUT2D eigenvalue weighted by molar-refractivity contribution is 5.94. The molecule has 1 aromatic rings. The highest BCUT2D eigenvalue weighted by Crippen LogP contribution is 2.35. The van der Waals surface area contributed by atoms with E-state index in [1.54, 1.807) is 0 Å². The van der Waals surface area contributed by atoms with Crippen LogP contribution in [0, 0.1) is 5.92 Å². The number of hydrogen-bond donors (Lipinski definition) is 1. The topological polar surface area (TPSA) is 46.3 Å². The van der Waals surface area contributed by atoms with Crippen LogP contribution in [0.1, 0.15) is 40.7 Å². The predicted octanol–water partition coefficient (Wildman–Crippen LogP) is 1.98. The van der Waals surface area contributed by atoms with E-state index in [1.165, 1.54) is 30.4 Å². The summed E-state index contributed by atoms with van der Waals surface area (Å²) in [6, 6.07) is 6.39. The summed E-state index contributed by atoms with van der Waals surface area (Å²) in [6.07, 6.45) is 5.92. The van der Waals surface area contributed by atoms with Gasteiger partial charge in [-0.2, -0.15) is 0 Å². The summed E-state index contributed by atoms with van der Waals surface area (Å²) in [6.45, 7) is 0.567. The van der Waals surface area contributed by atoms with Crippen LogP contribution in [0.3, 0.4) is 0 Å². The minimum absolute atomic E-state index is 0.122. The smallest absolute Gasteiger partial charge is 0.253 e. The standard InChI is InChI=1S/C16H22N2O/c1-18(15(10-17)12-6-7-12)16(19)14-8-5-11-3-2-4-13(11)9-14/h5,8-9,12,15H,2-4,6-7,10,17H2,1H3. The first-order valence-corrected chi connectivity index (χ1v) is 7.29. The minimum Gasteiger partial charge on any atom is -0.337 e. The maximum absolute atomic E-state index is 12.5. The second kappa shape index (κ2) is 4.97. The van der Waals surface area contributed by atoms with E-state index in [4.69, 9.17) is 5.73 Å². The summed E-state index contributed by atoms with van der Waals surface area (Å²) in [4.78, 5) is 14.4. The van der Waals surface area contributed by atoms with Crippen LogP contribution in [0.15, 0.2) is 18.2 Å². The number of fused-ring (bicyclic) bond motifs is 1. The van der Waals surface area contributed by atoms with Crippen molar-refractivity contribution in [3.63, 3.8) is 0 Å². The molecule has 3 rings (SSSR count). The van der Waals surface area contributed by atoms with Gasteiger partial charge in [0.2, 0.25) is 0 Å². The molecular weight excluding hydrogens is 236 g/mol. The number of amides is 1. The number of carbonyl (C=O) groups is 1. The fourth-order valence-electron chi connectivity index (χ4n) is 3.21. The number of aryl methyl sites for hydroxylation is 2. The first-order chi connectivity index (χ1) is 9.20. The molecule has 2 aliphatic rings. The van der Waals surface area contributed by atoms with Gasteiger partial charge < -0.3 is 10.6 Å². The van der Waals surface area contributed by atoms with E-state index in [1.807, 2.05) is 18.0 Å². The average molecular weight is 258 g/mol. The van der Waals surface area contributed by atoms with E-state index in [-0.39, 0.29) is 11.9 Å². The number of likely N-dealkylation sites (N-methyl/N-ethyl adjacent to an activating group) is 1. The molecule has 0 radical (unpaired) electrons. The first-order valence-electron chi connectivity index (χ1n) is 7.29. The van der Waals surface area contributed by atoms with Gasteiger partial charge in [-0.15, -0.1) is 0 Å². The normalized spacial score (nSPS) is 19.1. The zero-order chi connectivity index (χ0) is 13.4. The molecule has 1 amide bonds. The van der Waals surface area contributed by atoms with Crippen LogP contribution in [0.25, 0.3) is 0 Å². The van der Waals surface area contributed by atoms with Crippen molar-refractivity contribution < 1.29 is 4.79 Å². The summed E-state index contributed by atoms with van der Waals surface area (Å²) in [5.41, 5.74) is 9.42. The number of nitrogens with two attached hydrogens (primary N) is 1. The van der Waals surface area contributed by atoms with Crippen LogP contribution in [-0.4, -0.2) is 30.4 Å². The van der Waals surface area contributed by atoms with Crippen molar-refractivity contribution >= 4 is 5.91 Å². The van der Waals surface area contributed by atoms with Crippen molar-refractivity contribution in [2.24, 2.45) is 11.7 Å². The van der Waals surface area contributed by atoms with Crippen molar-refractivity contribution in [3.8, 4) is 0 Å². The van der Waals surface area contributed by atoms with Gasteiger partial charge in [-0.3, -0.25) is 4.79 Å². The number of hydrogen-bond acceptors (Lipinski definition) is 2. The van der Waals surface area contributed by atoms with Crippen molar-refractivity contribution in [2.75, 3.05) is 13.6 Å². The Hall–Kier alpha value is -1.35. The molecule has 0 spiro atoms. The molecule has 1 aromatic carbocycles. The van der Waals surface area contributed by atoms with Crippen LogP contribution in [0.4, 0.5) is 0 Å². The first kappa shape index (κ1) is 12.7. The highest BCUT2D eigenvalue weighted by Gasteiger charge is 2.35. The van der Waals surface area contributed by atoms with E-state index in [0.29, 0.717) is 12.5 Å². The molecule has 2 aliphatic carbocycles. The lowest BCUT2D eigenvalue weighted by Gasteiger charge is -2.27. The fraction of sp³-hybridized carbons (Fsp3) is 0.562. The predicted molar refractivity (Wildman–Crippen MR) is 76.1 cm³/mol. The molecule has 2 N–H and O–H groups in total. The molecule has 102 valence electrons. The van der Waals surface area contributed by atoms with Gasteiger partial charge in [0.15, 0.2) is 0 Å². The number of rotatable bonds is 4. The second-order valence-corrected chi connectivity index (χ2v) is 5.89. The minimum atomic E-state index is 0.122.